The van der Waals surface area contributed by atoms with Crippen molar-refractivity contribution in [1.82, 2.24) is 20.4 Å². The lowest BCUT2D eigenvalue weighted by Crippen LogP contribution is -2.41. The Balaban J connectivity index is 1.56. The molecule has 1 saturated heterocycles. The third-order valence-corrected chi connectivity index (χ3v) is 6.02. The SMILES string of the molecule is OCCC1CNCCN(Cc2ccccc2)CCCNCCN(Cc2ccccc2)C1. The molecule has 0 bridgehead atoms. The molecular formula is C26H40N4O. The van der Waals surface area contributed by atoms with E-state index in [1.165, 1.54) is 17.5 Å². The zero-order valence-electron chi connectivity index (χ0n) is 18.9. The first-order valence-corrected chi connectivity index (χ1v) is 11.9. The Bertz CT molecular complexity index is 697. The number of benzene rings is 2. The zero-order chi connectivity index (χ0) is 21.6. The fourth-order valence-corrected chi connectivity index (χ4v) is 4.33. The van der Waals surface area contributed by atoms with Crippen LogP contribution in [0.4, 0.5) is 0 Å². The number of aliphatic hydroxyl groups excluding tert-OH is 1. The molecule has 0 aliphatic carbocycles. The number of nitrogens with zero attached hydrogens (tertiary/aromatic N) is 2. The van der Waals surface area contributed by atoms with Crippen LogP contribution in [0, 0.1) is 5.92 Å². The van der Waals surface area contributed by atoms with Gasteiger partial charge in [-0.05, 0) is 49.5 Å². The van der Waals surface area contributed by atoms with Crippen molar-refractivity contribution in [2.24, 2.45) is 5.92 Å². The topological polar surface area (TPSA) is 50.8 Å². The summed E-state index contributed by atoms with van der Waals surface area (Å²) in [6.07, 6.45) is 2.01. The third kappa shape index (κ3) is 9.50. The molecule has 31 heavy (non-hydrogen) atoms. The highest BCUT2D eigenvalue weighted by Gasteiger charge is 2.15. The van der Waals surface area contributed by atoms with Gasteiger partial charge in [-0.1, -0.05) is 60.7 Å². The van der Waals surface area contributed by atoms with E-state index < -0.39 is 0 Å². The van der Waals surface area contributed by atoms with Crippen LogP contribution in [0.2, 0.25) is 0 Å². The lowest BCUT2D eigenvalue weighted by Gasteiger charge is -2.29. The molecule has 5 nitrogen and oxygen atoms in total. The summed E-state index contributed by atoms with van der Waals surface area (Å²) in [5.74, 6) is 0.458. The maximum Gasteiger partial charge on any atom is 0.0434 e. The van der Waals surface area contributed by atoms with Crippen molar-refractivity contribution in [2.75, 3.05) is 59.0 Å². The van der Waals surface area contributed by atoms with Crippen LogP contribution >= 0.6 is 0 Å². The van der Waals surface area contributed by atoms with Crippen molar-refractivity contribution in [2.45, 2.75) is 25.9 Å². The monoisotopic (exact) mass is 424 g/mol. The van der Waals surface area contributed by atoms with E-state index in [0.29, 0.717) is 5.92 Å². The average molecular weight is 425 g/mol. The molecule has 0 radical (unpaired) electrons. The molecule has 0 amide bonds. The Morgan fingerprint density at radius 1 is 0.742 bits per heavy atom. The number of nitrogens with one attached hydrogen (secondary N) is 2. The minimum atomic E-state index is 0.254. The largest absolute Gasteiger partial charge is 0.396 e. The van der Waals surface area contributed by atoms with Crippen LogP contribution in [0.3, 0.4) is 0 Å². The molecule has 1 unspecified atom stereocenters. The third-order valence-electron chi connectivity index (χ3n) is 6.02. The second-order valence-electron chi connectivity index (χ2n) is 8.67. The molecule has 0 saturated carbocycles. The smallest absolute Gasteiger partial charge is 0.0434 e. The van der Waals surface area contributed by atoms with Gasteiger partial charge in [-0.15, -0.1) is 0 Å². The molecule has 1 aliphatic heterocycles. The molecule has 2 aromatic rings. The molecule has 3 N–H and O–H groups in total. The summed E-state index contributed by atoms with van der Waals surface area (Å²) in [7, 11) is 0. The highest BCUT2D eigenvalue weighted by molar-refractivity contribution is 5.15. The Morgan fingerprint density at radius 3 is 2.03 bits per heavy atom. The van der Waals surface area contributed by atoms with Gasteiger partial charge in [0, 0.05) is 52.4 Å². The lowest BCUT2D eigenvalue weighted by atomic mass is 10.0. The summed E-state index contributed by atoms with van der Waals surface area (Å²) in [5.41, 5.74) is 2.74. The van der Waals surface area contributed by atoms with Crippen LogP contribution in [0.25, 0.3) is 0 Å². The van der Waals surface area contributed by atoms with Crippen LogP contribution in [-0.2, 0) is 13.1 Å². The van der Waals surface area contributed by atoms with Gasteiger partial charge < -0.3 is 15.7 Å². The lowest BCUT2D eigenvalue weighted by molar-refractivity contribution is 0.181. The predicted octanol–water partition coefficient (Wildman–Crippen LogP) is 2.57. The van der Waals surface area contributed by atoms with E-state index in [9.17, 15) is 5.11 Å². The van der Waals surface area contributed by atoms with Gasteiger partial charge in [-0.3, -0.25) is 9.80 Å². The maximum absolute atomic E-state index is 9.60. The van der Waals surface area contributed by atoms with Crippen LogP contribution in [0.5, 0.6) is 0 Å². The summed E-state index contributed by atoms with van der Waals surface area (Å²) in [4.78, 5) is 5.09. The van der Waals surface area contributed by atoms with Crippen molar-refractivity contribution < 1.29 is 5.11 Å². The van der Waals surface area contributed by atoms with Crippen LogP contribution in [0.15, 0.2) is 60.7 Å². The van der Waals surface area contributed by atoms with E-state index >= 15 is 0 Å². The van der Waals surface area contributed by atoms with Crippen molar-refractivity contribution in [3.63, 3.8) is 0 Å². The van der Waals surface area contributed by atoms with E-state index in [1.807, 2.05) is 0 Å². The number of hydrogen-bond donors (Lipinski definition) is 3. The molecule has 1 heterocycles. The zero-order valence-corrected chi connectivity index (χ0v) is 18.9. The average Bonchev–Trinajstić information content (AvgIpc) is 2.79. The van der Waals surface area contributed by atoms with Gasteiger partial charge in [0.15, 0.2) is 0 Å². The van der Waals surface area contributed by atoms with Crippen LogP contribution < -0.4 is 10.6 Å². The molecule has 1 atom stereocenters. The van der Waals surface area contributed by atoms with Crippen LogP contribution in [0.1, 0.15) is 24.0 Å². The summed E-state index contributed by atoms with van der Waals surface area (Å²) in [6, 6.07) is 21.5. The molecule has 0 spiro atoms. The predicted molar refractivity (Wildman–Crippen MR) is 129 cm³/mol. The second kappa shape index (κ2) is 14.3. The first-order valence-electron chi connectivity index (χ1n) is 11.9. The molecule has 1 aliphatic rings. The van der Waals surface area contributed by atoms with Gasteiger partial charge in [-0.2, -0.15) is 0 Å². The Morgan fingerprint density at radius 2 is 1.35 bits per heavy atom. The van der Waals surface area contributed by atoms with E-state index in [0.717, 1.165) is 71.9 Å². The molecular weight excluding hydrogens is 384 g/mol. The highest BCUT2D eigenvalue weighted by Crippen LogP contribution is 2.10. The van der Waals surface area contributed by atoms with Gasteiger partial charge in [0.25, 0.3) is 0 Å². The first kappa shape index (κ1) is 23.9. The standard InChI is InChI=1S/C26H40N4O/c31-19-12-26-20-28-15-17-29(21-24-8-3-1-4-9-24)16-7-13-27-14-18-30(23-26)22-25-10-5-2-6-11-25/h1-6,8-11,26-28,31H,7,12-23H2. The van der Waals surface area contributed by atoms with E-state index in [2.05, 4.69) is 81.1 Å². The quantitative estimate of drug-likeness (QED) is 0.666. The highest BCUT2D eigenvalue weighted by atomic mass is 16.3. The first-order chi connectivity index (χ1) is 15.3. The van der Waals surface area contributed by atoms with Crippen molar-refractivity contribution >= 4 is 0 Å². The van der Waals surface area contributed by atoms with Gasteiger partial charge in [0.2, 0.25) is 0 Å². The molecule has 3 rings (SSSR count). The minimum Gasteiger partial charge on any atom is -0.396 e. The van der Waals surface area contributed by atoms with Crippen molar-refractivity contribution in [3.05, 3.63) is 71.8 Å². The summed E-state index contributed by atoms with van der Waals surface area (Å²) in [5, 5.41) is 16.9. The number of hydrogen-bond acceptors (Lipinski definition) is 5. The Kier molecular flexibility index (Phi) is 11.0. The van der Waals surface area contributed by atoms with E-state index in [1.54, 1.807) is 0 Å². The normalized spacial score (nSPS) is 20.9. The summed E-state index contributed by atoms with van der Waals surface area (Å²) < 4.78 is 0. The minimum absolute atomic E-state index is 0.254. The van der Waals surface area contributed by atoms with Gasteiger partial charge >= 0.3 is 0 Å². The molecule has 0 aromatic heterocycles. The number of aliphatic hydroxyl groups is 1. The maximum atomic E-state index is 9.60. The summed E-state index contributed by atoms with van der Waals surface area (Å²) in [6.45, 7) is 10.4. The Hall–Kier alpha value is -1.76. The molecule has 170 valence electrons. The van der Waals surface area contributed by atoms with Crippen molar-refractivity contribution in [3.8, 4) is 0 Å². The second-order valence-corrected chi connectivity index (χ2v) is 8.67. The fraction of sp³-hybridized carbons (Fsp3) is 0.538. The fourth-order valence-electron chi connectivity index (χ4n) is 4.33. The van der Waals surface area contributed by atoms with Gasteiger partial charge in [0.05, 0.1) is 0 Å². The van der Waals surface area contributed by atoms with Gasteiger partial charge in [0.1, 0.15) is 0 Å². The molecule has 2 aromatic carbocycles. The summed E-state index contributed by atoms with van der Waals surface area (Å²) >= 11 is 0. The van der Waals surface area contributed by atoms with E-state index in [-0.39, 0.29) is 6.61 Å². The number of rotatable bonds is 6. The molecule has 5 heteroatoms. The van der Waals surface area contributed by atoms with Gasteiger partial charge in [-0.25, -0.2) is 0 Å². The molecule has 1 fully saturated rings. The van der Waals surface area contributed by atoms with Crippen LogP contribution in [-0.4, -0.2) is 73.9 Å². The van der Waals surface area contributed by atoms with Crippen molar-refractivity contribution in [1.29, 1.82) is 0 Å². The van der Waals surface area contributed by atoms with E-state index in [4.69, 9.17) is 0 Å². The Labute approximate surface area is 188 Å².